The third-order valence-corrected chi connectivity index (χ3v) is 11.5. The number of rotatable bonds is 40. The van der Waals surface area contributed by atoms with Crippen LogP contribution in [0.25, 0.3) is 0 Å². The fraction of sp³-hybridized carbons (Fsp3) is 0.857. The monoisotopic (exact) mass is 822 g/mol. The van der Waals surface area contributed by atoms with Crippen LogP contribution >= 0.6 is 0 Å². The summed E-state index contributed by atoms with van der Waals surface area (Å²) in [5, 5.41) is 54.0. The fourth-order valence-electron chi connectivity index (χ4n) is 7.67. The number of carbonyl (C=O) groups is 1. The lowest BCUT2D eigenvalue weighted by molar-refractivity contribution is -0.302. The van der Waals surface area contributed by atoms with Crippen LogP contribution in [-0.4, -0.2) is 87.5 Å². The zero-order valence-electron chi connectivity index (χ0n) is 37.3. The molecule has 0 aliphatic carbocycles. The molecule has 1 rings (SSSR count). The highest BCUT2D eigenvalue weighted by Crippen LogP contribution is 2.23. The molecule has 1 fully saturated rings. The van der Waals surface area contributed by atoms with E-state index in [1.54, 1.807) is 6.08 Å². The molecule has 0 radical (unpaired) electrons. The van der Waals surface area contributed by atoms with Gasteiger partial charge in [0, 0.05) is 6.42 Å². The van der Waals surface area contributed by atoms with Crippen LogP contribution in [0.4, 0.5) is 0 Å². The Morgan fingerprint density at radius 1 is 0.603 bits per heavy atom. The van der Waals surface area contributed by atoms with Crippen molar-refractivity contribution >= 4 is 5.91 Å². The zero-order chi connectivity index (χ0) is 42.3. The van der Waals surface area contributed by atoms with E-state index in [4.69, 9.17) is 9.47 Å². The first-order valence-electron chi connectivity index (χ1n) is 24.2. The van der Waals surface area contributed by atoms with Gasteiger partial charge in [-0.3, -0.25) is 4.79 Å². The highest BCUT2D eigenvalue weighted by molar-refractivity contribution is 5.76. The molecule has 6 N–H and O–H groups in total. The molecule has 1 amide bonds. The summed E-state index contributed by atoms with van der Waals surface area (Å²) in [5.41, 5.74) is 0. The number of aliphatic hydroxyl groups is 5. The van der Waals surface area contributed by atoms with Crippen LogP contribution in [0, 0.1) is 0 Å². The molecule has 0 aromatic heterocycles. The van der Waals surface area contributed by atoms with Gasteiger partial charge in [0.2, 0.25) is 5.91 Å². The Bertz CT molecular complexity index is 1000. The fourth-order valence-corrected chi connectivity index (χ4v) is 7.67. The van der Waals surface area contributed by atoms with Crippen molar-refractivity contribution in [1.29, 1.82) is 0 Å². The number of aliphatic hydroxyl groups excluding tert-OH is 5. The van der Waals surface area contributed by atoms with Crippen LogP contribution in [0.5, 0.6) is 0 Å². The average molecular weight is 822 g/mol. The molecule has 1 aliphatic heterocycles. The van der Waals surface area contributed by atoms with Gasteiger partial charge < -0.3 is 40.3 Å². The van der Waals surface area contributed by atoms with Crippen molar-refractivity contribution in [3.05, 3.63) is 36.5 Å². The van der Waals surface area contributed by atoms with Crippen LogP contribution < -0.4 is 5.32 Å². The number of hydrogen-bond donors (Lipinski definition) is 6. The molecule has 9 heteroatoms. The van der Waals surface area contributed by atoms with Crippen molar-refractivity contribution in [1.82, 2.24) is 5.32 Å². The van der Waals surface area contributed by atoms with Gasteiger partial charge in [0.25, 0.3) is 0 Å². The molecule has 0 spiro atoms. The van der Waals surface area contributed by atoms with Gasteiger partial charge in [0.15, 0.2) is 6.29 Å². The van der Waals surface area contributed by atoms with E-state index in [9.17, 15) is 30.3 Å². The van der Waals surface area contributed by atoms with Crippen molar-refractivity contribution in [3.8, 4) is 0 Å². The molecular weight excluding hydrogens is 731 g/mol. The van der Waals surface area contributed by atoms with Gasteiger partial charge in [0.05, 0.1) is 25.4 Å². The van der Waals surface area contributed by atoms with Gasteiger partial charge in [0.1, 0.15) is 24.4 Å². The Balaban J connectivity index is 2.17. The maximum absolute atomic E-state index is 12.9. The van der Waals surface area contributed by atoms with E-state index in [1.165, 1.54) is 148 Å². The minimum Gasteiger partial charge on any atom is -0.394 e. The largest absolute Gasteiger partial charge is 0.394 e. The summed E-state index contributed by atoms with van der Waals surface area (Å²) in [6.45, 7) is 3.52. The highest BCUT2D eigenvalue weighted by Gasteiger charge is 2.44. The van der Waals surface area contributed by atoms with Gasteiger partial charge in [-0.1, -0.05) is 204 Å². The summed E-state index contributed by atoms with van der Waals surface area (Å²) in [5.74, 6) is -0.191. The van der Waals surface area contributed by atoms with Crippen LogP contribution in [0.3, 0.4) is 0 Å². The lowest BCUT2D eigenvalue weighted by atomic mass is 9.99. The molecule has 1 saturated heterocycles. The summed E-state index contributed by atoms with van der Waals surface area (Å²) in [7, 11) is 0. The van der Waals surface area contributed by atoms with Crippen LogP contribution in [-0.2, 0) is 14.3 Å². The second-order valence-electron chi connectivity index (χ2n) is 16.9. The summed E-state index contributed by atoms with van der Waals surface area (Å²) in [6, 6.07) is -0.823. The summed E-state index contributed by atoms with van der Waals surface area (Å²) in [4.78, 5) is 12.9. The lowest BCUT2D eigenvalue weighted by Gasteiger charge is -2.40. The molecule has 0 bridgehead atoms. The van der Waals surface area contributed by atoms with Gasteiger partial charge in [-0.15, -0.1) is 0 Å². The normalized spacial score (nSPS) is 21.1. The van der Waals surface area contributed by atoms with Crippen LogP contribution in [0.1, 0.15) is 213 Å². The Labute approximate surface area is 355 Å². The Morgan fingerprint density at radius 2 is 1.02 bits per heavy atom. The first-order valence-corrected chi connectivity index (χ1v) is 24.2. The Morgan fingerprint density at radius 3 is 1.45 bits per heavy atom. The zero-order valence-corrected chi connectivity index (χ0v) is 37.3. The Kier molecular flexibility index (Phi) is 37.1. The molecular formula is C49H91NO8. The van der Waals surface area contributed by atoms with E-state index >= 15 is 0 Å². The molecule has 1 aliphatic rings. The Hall–Kier alpha value is -1.59. The number of amides is 1. The first kappa shape index (κ1) is 54.4. The maximum Gasteiger partial charge on any atom is 0.220 e. The molecule has 0 aromatic carbocycles. The third kappa shape index (κ3) is 29.6. The second kappa shape index (κ2) is 39.5. The topological polar surface area (TPSA) is 149 Å². The summed E-state index contributed by atoms with van der Waals surface area (Å²) in [6.07, 6.45) is 42.4. The number of nitrogens with one attached hydrogen (secondary N) is 1. The van der Waals surface area contributed by atoms with Crippen molar-refractivity contribution in [2.45, 2.75) is 256 Å². The van der Waals surface area contributed by atoms with Gasteiger partial charge in [-0.05, 0) is 39.0 Å². The van der Waals surface area contributed by atoms with E-state index in [-0.39, 0.29) is 12.5 Å². The number of carbonyl (C=O) groups excluding carboxylic acids is 1. The van der Waals surface area contributed by atoms with E-state index in [1.807, 2.05) is 19.1 Å². The van der Waals surface area contributed by atoms with Gasteiger partial charge in [-0.25, -0.2) is 0 Å². The molecule has 1 heterocycles. The number of ether oxygens (including phenoxy) is 2. The minimum absolute atomic E-state index is 0.191. The molecule has 58 heavy (non-hydrogen) atoms. The number of hydrogen-bond acceptors (Lipinski definition) is 8. The SMILES string of the molecule is C/C=C/CC/C=C/CC/C=C/C(O)C(COC1OC(CO)C(O)C(O)C1O)NC(=O)CCCCCCCCCCCCCCCCCCCCCCCCCCCC. The highest BCUT2D eigenvalue weighted by atomic mass is 16.7. The third-order valence-electron chi connectivity index (χ3n) is 11.5. The molecule has 9 nitrogen and oxygen atoms in total. The van der Waals surface area contributed by atoms with Crippen LogP contribution in [0.15, 0.2) is 36.5 Å². The molecule has 0 saturated carbocycles. The smallest absolute Gasteiger partial charge is 0.220 e. The van der Waals surface area contributed by atoms with E-state index < -0.39 is 49.5 Å². The van der Waals surface area contributed by atoms with Crippen molar-refractivity contribution in [2.24, 2.45) is 0 Å². The molecule has 7 unspecified atom stereocenters. The predicted molar refractivity (Wildman–Crippen MR) is 240 cm³/mol. The number of allylic oxidation sites excluding steroid dienone is 5. The van der Waals surface area contributed by atoms with Crippen LogP contribution in [0.2, 0.25) is 0 Å². The maximum atomic E-state index is 12.9. The predicted octanol–water partition coefficient (Wildman–Crippen LogP) is 10.5. The first-order chi connectivity index (χ1) is 28.3. The number of unbranched alkanes of at least 4 members (excludes halogenated alkanes) is 27. The lowest BCUT2D eigenvalue weighted by Crippen LogP contribution is -2.60. The van der Waals surface area contributed by atoms with E-state index in [0.29, 0.717) is 6.42 Å². The minimum atomic E-state index is -1.57. The summed E-state index contributed by atoms with van der Waals surface area (Å²) < 4.78 is 11.2. The molecule has 7 atom stereocenters. The quantitative estimate of drug-likeness (QED) is 0.0264. The molecule has 340 valence electrons. The molecule has 0 aromatic rings. The van der Waals surface area contributed by atoms with Crippen molar-refractivity contribution < 1.29 is 39.8 Å². The van der Waals surface area contributed by atoms with E-state index in [0.717, 1.165) is 44.9 Å². The summed E-state index contributed by atoms with van der Waals surface area (Å²) >= 11 is 0. The van der Waals surface area contributed by atoms with Gasteiger partial charge in [-0.2, -0.15) is 0 Å². The van der Waals surface area contributed by atoms with E-state index in [2.05, 4.69) is 30.5 Å². The van der Waals surface area contributed by atoms with Gasteiger partial charge >= 0.3 is 0 Å². The van der Waals surface area contributed by atoms with Crippen molar-refractivity contribution in [3.63, 3.8) is 0 Å². The average Bonchev–Trinajstić information content (AvgIpc) is 3.22. The second-order valence-corrected chi connectivity index (χ2v) is 16.9. The van der Waals surface area contributed by atoms with Crippen molar-refractivity contribution in [2.75, 3.05) is 13.2 Å². The standard InChI is InChI=1S/C49H91NO8/c1-3-5-7-9-11-13-14-15-16-17-18-19-20-21-22-23-24-25-26-27-28-29-31-33-35-37-39-45(53)50-42(43(52)38-36-34-32-30-12-10-8-6-4-2)41-57-49-48(56)47(55)46(54)44(40-51)58-49/h4,6,12,30,36,38,42-44,46-49,51-52,54-56H,3,5,7-11,13-29,31-35,37,39-41H2,1-2H3,(H,50,53)/b6-4+,30-12+,38-36+.